The minimum atomic E-state index is 0.541. The zero-order chi connectivity index (χ0) is 17.1. The third kappa shape index (κ3) is 3.40. The number of fused-ring (bicyclic) bond motifs is 1. The SMILES string of the molecule is Cc1ccc(Nc2nc(Nc3ccncc3)nc3ccccc23)cc1. The second kappa shape index (κ2) is 6.57. The number of hydrogen-bond acceptors (Lipinski definition) is 5. The first kappa shape index (κ1) is 15.1. The molecule has 0 aliphatic rings. The lowest BCUT2D eigenvalue weighted by atomic mass is 10.2. The average molecular weight is 327 g/mol. The maximum Gasteiger partial charge on any atom is 0.229 e. The first-order chi connectivity index (χ1) is 12.3. The van der Waals surface area contributed by atoms with Crippen LogP contribution in [-0.2, 0) is 0 Å². The van der Waals surface area contributed by atoms with Crippen LogP contribution in [0.3, 0.4) is 0 Å². The Morgan fingerprint density at radius 3 is 2.24 bits per heavy atom. The summed E-state index contributed by atoms with van der Waals surface area (Å²) in [6.07, 6.45) is 3.46. The molecule has 0 amide bonds. The van der Waals surface area contributed by atoms with Gasteiger partial charge in [0.25, 0.3) is 0 Å². The molecule has 4 aromatic rings. The van der Waals surface area contributed by atoms with E-state index in [-0.39, 0.29) is 0 Å². The van der Waals surface area contributed by atoms with Gasteiger partial charge in [0.15, 0.2) is 0 Å². The molecule has 5 nitrogen and oxygen atoms in total. The Morgan fingerprint density at radius 2 is 1.44 bits per heavy atom. The molecule has 5 heteroatoms. The van der Waals surface area contributed by atoms with Crippen molar-refractivity contribution in [2.75, 3.05) is 10.6 Å². The summed E-state index contributed by atoms with van der Waals surface area (Å²) in [5.74, 6) is 1.31. The number of nitrogens with one attached hydrogen (secondary N) is 2. The third-order valence-electron chi connectivity index (χ3n) is 3.85. The number of aryl methyl sites for hydroxylation is 1. The lowest BCUT2D eigenvalue weighted by Crippen LogP contribution is -2.02. The van der Waals surface area contributed by atoms with Crippen molar-refractivity contribution in [3.63, 3.8) is 0 Å². The van der Waals surface area contributed by atoms with E-state index >= 15 is 0 Å². The van der Waals surface area contributed by atoms with Gasteiger partial charge < -0.3 is 10.6 Å². The monoisotopic (exact) mass is 327 g/mol. The van der Waals surface area contributed by atoms with Crippen LogP contribution < -0.4 is 10.6 Å². The fourth-order valence-electron chi connectivity index (χ4n) is 2.57. The van der Waals surface area contributed by atoms with E-state index < -0.39 is 0 Å². The van der Waals surface area contributed by atoms with Gasteiger partial charge in [-0.05, 0) is 43.3 Å². The average Bonchev–Trinajstić information content (AvgIpc) is 2.64. The fraction of sp³-hybridized carbons (Fsp3) is 0.0500. The molecule has 0 radical (unpaired) electrons. The molecule has 122 valence electrons. The summed E-state index contributed by atoms with van der Waals surface area (Å²) in [6, 6.07) is 20.0. The summed E-state index contributed by atoms with van der Waals surface area (Å²) in [6.45, 7) is 2.07. The van der Waals surface area contributed by atoms with Crippen LogP contribution in [0.2, 0.25) is 0 Å². The van der Waals surface area contributed by atoms with E-state index in [9.17, 15) is 0 Å². The highest BCUT2D eigenvalue weighted by molar-refractivity contribution is 5.91. The molecule has 2 heterocycles. The highest BCUT2D eigenvalue weighted by Crippen LogP contribution is 2.26. The minimum Gasteiger partial charge on any atom is -0.340 e. The molecule has 25 heavy (non-hydrogen) atoms. The van der Waals surface area contributed by atoms with Crippen LogP contribution in [0.25, 0.3) is 10.9 Å². The molecular formula is C20H17N5. The molecule has 2 aromatic heterocycles. The van der Waals surface area contributed by atoms with Crippen LogP contribution in [-0.4, -0.2) is 15.0 Å². The maximum absolute atomic E-state index is 4.66. The molecule has 4 rings (SSSR count). The molecule has 0 bridgehead atoms. The van der Waals surface area contributed by atoms with Crippen molar-refractivity contribution in [3.05, 3.63) is 78.6 Å². The summed E-state index contributed by atoms with van der Waals surface area (Å²) in [5.41, 5.74) is 3.98. The number of benzene rings is 2. The number of nitrogens with zero attached hydrogens (tertiary/aromatic N) is 3. The Labute approximate surface area is 145 Å². The van der Waals surface area contributed by atoms with Crippen LogP contribution in [0.4, 0.5) is 23.1 Å². The Morgan fingerprint density at radius 1 is 0.720 bits per heavy atom. The van der Waals surface area contributed by atoms with Gasteiger partial charge in [0.05, 0.1) is 5.52 Å². The molecule has 0 fully saturated rings. The lowest BCUT2D eigenvalue weighted by Gasteiger charge is -2.12. The Hall–Kier alpha value is -3.47. The summed E-state index contributed by atoms with van der Waals surface area (Å²) < 4.78 is 0. The van der Waals surface area contributed by atoms with E-state index in [1.54, 1.807) is 12.4 Å². The Kier molecular flexibility index (Phi) is 3.96. The van der Waals surface area contributed by atoms with Crippen LogP contribution in [0.5, 0.6) is 0 Å². The van der Waals surface area contributed by atoms with E-state index in [1.165, 1.54) is 5.56 Å². The van der Waals surface area contributed by atoms with Crippen molar-refractivity contribution in [1.29, 1.82) is 0 Å². The second-order valence-electron chi connectivity index (χ2n) is 5.76. The largest absolute Gasteiger partial charge is 0.340 e. The number of hydrogen-bond donors (Lipinski definition) is 2. The molecule has 0 saturated heterocycles. The van der Waals surface area contributed by atoms with Gasteiger partial charge >= 0.3 is 0 Å². The molecular weight excluding hydrogens is 310 g/mol. The number of para-hydroxylation sites is 1. The van der Waals surface area contributed by atoms with Gasteiger partial charge in [0.1, 0.15) is 5.82 Å². The molecule has 0 saturated carbocycles. The van der Waals surface area contributed by atoms with Crippen molar-refractivity contribution < 1.29 is 0 Å². The summed E-state index contributed by atoms with van der Waals surface area (Å²) in [5, 5.41) is 7.60. The predicted octanol–water partition coefficient (Wildman–Crippen LogP) is 4.82. The van der Waals surface area contributed by atoms with E-state index in [4.69, 9.17) is 0 Å². The normalized spacial score (nSPS) is 10.6. The van der Waals surface area contributed by atoms with E-state index in [0.29, 0.717) is 5.95 Å². The number of pyridine rings is 1. The number of anilines is 4. The van der Waals surface area contributed by atoms with E-state index in [0.717, 1.165) is 28.1 Å². The van der Waals surface area contributed by atoms with Crippen LogP contribution >= 0.6 is 0 Å². The molecule has 0 aliphatic carbocycles. The maximum atomic E-state index is 4.66. The summed E-state index contributed by atoms with van der Waals surface area (Å²) >= 11 is 0. The molecule has 0 atom stereocenters. The Bertz CT molecular complexity index is 997. The first-order valence-electron chi connectivity index (χ1n) is 8.05. The highest BCUT2D eigenvalue weighted by atomic mass is 15.1. The van der Waals surface area contributed by atoms with Gasteiger partial charge in [-0.2, -0.15) is 4.98 Å². The van der Waals surface area contributed by atoms with Gasteiger partial charge in [-0.1, -0.05) is 29.8 Å². The van der Waals surface area contributed by atoms with Crippen LogP contribution in [0.15, 0.2) is 73.1 Å². The van der Waals surface area contributed by atoms with Gasteiger partial charge in [0, 0.05) is 29.2 Å². The van der Waals surface area contributed by atoms with Crippen molar-refractivity contribution in [2.45, 2.75) is 6.92 Å². The third-order valence-corrected chi connectivity index (χ3v) is 3.85. The zero-order valence-electron chi connectivity index (χ0n) is 13.8. The number of aromatic nitrogens is 3. The standard InChI is InChI=1S/C20H17N5/c1-14-6-8-15(9-7-14)22-19-17-4-2-3-5-18(17)24-20(25-19)23-16-10-12-21-13-11-16/h2-13H,1H3,(H2,21,22,23,24,25). The molecule has 2 aromatic carbocycles. The molecule has 2 N–H and O–H groups in total. The minimum absolute atomic E-state index is 0.541. The number of rotatable bonds is 4. The quantitative estimate of drug-likeness (QED) is 0.562. The van der Waals surface area contributed by atoms with Crippen molar-refractivity contribution in [2.24, 2.45) is 0 Å². The van der Waals surface area contributed by atoms with Crippen LogP contribution in [0, 0.1) is 6.92 Å². The molecule has 0 aliphatic heterocycles. The van der Waals surface area contributed by atoms with E-state index in [1.807, 2.05) is 48.5 Å². The van der Waals surface area contributed by atoms with Gasteiger partial charge in [-0.15, -0.1) is 0 Å². The van der Waals surface area contributed by atoms with Crippen molar-refractivity contribution in [3.8, 4) is 0 Å². The summed E-state index contributed by atoms with van der Waals surface area (Å²) in [7, 11) is 0. The van der Waals surface area contributed by atoms with E-state index in [2.05, 4.69) is 44.6 Å². The second-order valence-corrected chi connectivity index (χ2v) is 5.76. The smallest absolute Gasteiger partial charge is 0.229 e. The van der Waals surface area contributed by atoms with Gasteiger partial charge in [-0.3, -0.25) is 4.98 Å². The van der Waals surface area contributed by atoms with Crippen LogP contribution in [0.1, 0.15) is 5.56 Å². The van der Waals surface area contributed by atoms with Gasteiger partial charge in [0.2, 0.25) is 5.95 Å². The Balaban J connectivity index is 1.74. The predicted molar refractivity (Wildman–Crippen MR) is 102 cm³/mol. The lowest BCUT2D eigenvalue weighted by molar-refractivity contribution is 1.20. The summed E-state index contributed by atoms with van der Waals surface area (Å²) in [4.78, 5) is 13.3. The molecule has 0 spiro atoms. The first-order valence-corrected chi connectivity index (χ1v) is 8.05. The topological polar surface area (TPSA) is 62.7 Å². The fourth-order valence-corrected chi connectivity index (χ4v) is 2.57. The zero-order valence-corrected chi connectivity index (χ0v) is 13.8. The molecule has 0 unspecified atom stereocenters. The highest BCUT2D eigenvalue weighted by Gasteiger charge is 2.08. The van der Waals surface area contributed by atoms with Crippen molar-refractivity contribution >= 4 is 34.0 Å². The van der Waals surface area contributed by atoms with Gasteiger partial charge in [-0.25, -0.2) is 4.98 Å². The van der Waals surface area contributed by atoms with Crippen molar-refractivity contribution in [1.82, 2.24) is 15.0 Å².